The van der Waals surface area contributed by atoms with Crippen molar-refractivity contribution in [3.05, 3.63) is 0 Å². The Labute approximate surface area is 74.4 Å². The second kappa shape index (κ2) is 4.79. The predicted octanol–water partition coefficient (Wildman–Crippen LogP) is 0.349. The van der Waals surface area contributed by atoms with E-state index < -0.39 is 15.3 Å². The SMILES string of the molecule is COCC(C)NS(=O)(=O)C(C)C. The van der Waals surface area contributed by atoms with Crippen molar-refractivity contribution in [2.45, 2.75) is 32.1 Å². The van der Waals surface area contributed by atoms with Crippen LogP contribution >= 0.6 is 0 Å². The largest absolute Gasteiger partial charge is 0.383 e. The molecule has 0 saturated carbocycles. The van der Waals surface area contributed by atoms with E-state index in [9.17, 15) is 8.42 Å². The van der Waals surface area contributed by atoms with Crippen molar-refractivity contribution in [2.75, 3.05) is 13.7 Å². The molecule has 0 aliphatic carbocycles. The number of sulfonamides is 1. The zero-order valence-corrected chi connectivity index (χ0v) is 8.81. The molecule has 0 heterocycles. The molecule has 74 valence electrons. The van der Waals surface area contributed by atoms with Crippen LogP contribution in [-0.2, 0) is 14.8 Å². The van der Waals surface area contributed by atoms with E-state index in [4.69, 9.17) is 4.74 Å². The van der Waals surface area contributed by atoms with Crippen molar-refractivity contribution in [1.82, 2.24) is 4.72 Å². The van der Waals surface area contributed by atoms with Gasteiger partial charge in [-0.05, 0) is 20.8 Å². The van der Waals surface area contributed by atoms with Crippen molar-refractivity contribution in [3.8, 4) is 0 Å². The van der Waals surface area contributed by atoms with E-state index in [1.165, 1.54) is 0 Å². The minimum atomic E-state index is -3.15. The molecule has 0 aromatic heterocycles. The molecule has 0 radical (unpaired) electrons. The topological polar surface area (TPSA) is 55.4 Å². The maximum Gasteiger partial charge on any atom is 0.214 e. The molecular weight excluding hydrogens is 178 g/mol. The van der Waals surface area contributed by atoms with Crippen LogP contribution in [0, 0.1) is 0 Å². The highest BCUT2D eigenvalue weighted by atomic mass is 32.2. The molecule has 0 aromatic rings. The molecule has 0 spiro atoms. The van der Waals surface area contributed by atoms with Crippen LogP contribution in [0.2, 0.25) is 0 Å². The van der Waals surface area contributed by atoms with Crippen LogP contribution in [0.25, 0.3) is 0 Å². The van der Waals surface area contributed by atoms with E-state index in [-0.39, 0.29) is 6.04 Å². The van der Waals surface area contributed by atoms with Gasteiger partial charge in [0.25, 0.3) is 0 Å². The summed E-state index contributed by atoms with van der Waals surface area (Å²) in [4.78, 5) is 0. The lowest BCUT2D eigenvalue weighted by molar-refractivity contribution is 0.180. The van der Waals surface area contributed by atoms with Gasteiger partial charge in [-0.25, -0.2) is 13.1 Å². The third kappa shape index (κ3) is 4.04. The number of ether oxygens (including phenoxy) is 1. The maximum atomic E-state index is 11.2. The van der Waals surface area contributed by atoms with E-state index in [0.29, 0.717) is 6.61 Å². The summed E-state index contributed by atoms with van der Waals surface area (Å²) < 4.78 is 29.8. The van der Waals surface area contributed by atoms with Crippen molar-refractivity contribution >= 4 is 10.0 Å². The summed E-state index contributed by atoms with van der Waals surface area (Å²) in [7, 11) is -1.61. The average molecular weight is 195 g/mol. The van der Waals surface area contributed by atoms with Crippen LogP contribution in [0.3, 0.4) is 0 Å². The Bertz CT molecular complexity index is 211. The van der Waals surface area contributed by atoms with Crippen LogP contribution in [0.5, 0.6) is 0 Å². The maximum absolute atomic E-state index is 11.2. The first kappa shape index (κ1) is 11.9. The van der Waals surface area contributed by atoms with Gasteiger partial charge in [0.1, 0.15) is 0 Å². The van der Waals surface area contributed by atoms with Crippen molar-refractivity contribution in [3.63, 3.8) is 0 Å². The van der Waals surface area contributed by atoms with Gasteiger partial charge in [-0.2, -0.15) is 0 Å². The van der Waals surface area contributed by atoms with Crippen LogP contribution in [-0.4, -0.2) is 33.4 Å². The summed E-state index contributed by atoms with van der Waals surface area (Å²) in [6, 6.07) is -0.164. The fourth-order valence-electron chi connectivity index (χ4n) is 0.701. The van der Waals surface area contributed by atoms with Gasteiger partial charge in [-0.15, -0.1) is 0 Å². The molecule has 0 bridgehead atoms. The van der Waals surface area contributed by atoms with Crippen LogP contribution in [0.4, 0.5) is 0 Å². The highest BCUT2D eigenvalue weighted by Crippen LogP contribution is 1.97. The van der Waals surface area contributed by atoms with Gasteiger partial charge >= 0.3 is 0 Å². The summed E-state index contributed by atoms with van der Waals surface area (Å²) in [5.74, 6) is 0. The number of rotatable bonds is 5. The molecule has 0 aromatic carbocycles. The zero-order valence-electron chi connectivity index (χ0n) is 7.99. The lowest BCUT2D eigenvalue weighted by Crippen LogP contribution is -2.39. The first-order valence-electron chi connectivity index (χ1n) is 3.90. The zero-order chi connectivity index (χ0) is 9.78. The molecule has 0 aliphatic heterocycles. The van der Waals surface area contributed by atoms with E-state index in [2.05, 4.69) is 4.72 Å². The third-order valence-corrected chi connectivity index (χ3v) is 3.37. The van der Waals surface area contributed by atoms with Gasteiger partial charge in [0.2, 0.25) is 10.0 Å². The fourth-order valence-corrected chi connectivity index (χ4v) is 1.60. The molecule has 4 nitrogen and oxygen atoms in total. The molecule has 1 unspecified atom stereocenters. The first-order chi connectivity index (χ1) is 5.40. The van der Waals surface area contributed by atoms with Gasteiger partial charge in [0.05, 0.1) is 11.9 Å². The molecule has 0 saturated heterocycles. The van der Waals surface area contributed by atoms with Crippen molar-refractivity contribution in [2.24, 2.45) is 0 Å². The monoisotopic (exact) mass is 195 g/mol. The Morgan fingerprint density at radius 2 is 1.83 bits per heavy atom. The number of methoxy groups -OCH3 is 1. The molecule has 5 heteroatoms. The van der Waals surface area contributed by atoms with Gasteiger partial charge in [-0.3, -0.25) is 0 Å². The van der Waals surface area contributed by atoms with Crippen LogP contribution in [0.1, 0.15) is 20.8 Å². The second-order valence-electron chi connectivity index (χ2n) is 3.07. The van der Waals surface area contributed by atoms with Crippen LogP contribution in [0.15, 0.2) is 0 Å². The molecular formula is C7H17NO3S. The van der Waals surface area contributed by atoms with Gasteiger partial charge < -0.3 is 4.74 Å². The quantitative estimate of drug-likeness (QED) is 0.688. The highest BCUT2D eigenvalue weighted by molar-refractivity contribution is 7.90. The summed E-state index contributed by atoms with van der Waals surface area (Å²) in [6.07, 6.45) is 0. The van der Waals surface area contributed by atoms with E-state index in [1.807, 2.05) is 0 Å². The Morgan fingerprint density at radius 1 is 1.33 bits per heavy atom. The normalized spacial score (nSPS) is 15.1. The lowest BCUT2D eigenvalue weighted by Gasteiger charge is -2.14. The average Bonchev–Trinajstić information content (AvgIpc) is 1.85. The lowest BCUT2D eigenvalue weighted by atomic mass is 10.4. The third-order valence-electron chi connectivity index (χ3n) is 1.40. The molecule has 0 fully saturated rings. The van der Waals surface area contributed by atoms with Gasteiger partial charge in [0, 0.05) is 13.2 Å². The van der Waals surface area contributed by atoms with Crippen molar-refractivity contribution < 1.29 is 13.2 Å². The van der Waals surface area contributed by atoms with Gasteiger partial charge in [-0.1, -0.05) is 0 Å². The Hall–Kier alpha value is -0.130. The molecule has 0 aliphatic rings. The standard InChI is InChI=1S/C7H17NO3S/c1-6(2)12(9,10)8-7(3)5-11-4/h6-8H,5H2,1-4H3. The molecule has 1 N–H and O–H groups in total. The summed E-state index contributed by atoms with van der Waals surface area (Å²) in [6.45, 7) is 5.44. The Balaban J connectivity index is 4.07. The molecule has 1 atom stereocenters. The summed E-state index contributed by atoms with van der Waals surface area (Å²) in [5.41, 5.74) is 0. The van der Waals surface area contributed by atoms with E-state index in [1.54, 1.807) is 27.9 Å². The number of hydrogen-bond donors (Lipinski definition) is 1. The minimum absolute atomic E-state index is 0.164. The molecule has 12 heavy (non-hydrogen) atoms. The highest BCUT2D eigenvalue weighted by Gasteiger charge is 2.17. The second-order valence-corrected chi connectivity index (χ2v) is 5.34. The Morgan fingerprint density at radius 3 is 2.17 bits per heavy atom. The summed E-state index contributed by atoms with van der Waals surface area (Å²) >= 11 is 0. The minimum Gasteiger partial charge on any atom is -0.383 e. The molecule has 0 amide bonds. The number of nitrogens with one attached hydrogen (secondary N) is 1. The predicted molar refractivity (Wildman–Crippen MR) is 48.5 cm³/mol. The number of hydrogen-bond acceptors (Lipinski definition) is 3. The fraction of sp³-hybridized carbons (Fsp3) is 1.00. The molecule has 0 rings (SSSR count). The smallest absolute Gasteiger partial charge is 0.214 e. The van der Waals surface area contributed by atoms with Gasteiger partial charge in [0.15, 0.2) is 0 Å². The van der Waals surface area contributed by atoms with Crippen LogP contribution < -0.4 is 4.72 Å². The van der Waals surface area contributed by atoms with E-state index >= 15 is 0 Å². The van der Waals surface area contributed by atoms with Crippen molar-refractivity contribution in [1.29, 1.82) is 0 Å². The van der Waals surface area contributed by atoms with E-state index in [0.717, 1.165) is 0 Å². The Kier molecular flexibility index (Phi) is 4.74. The summed E-state index contributed by atoms with van der Waals surface area (Å²) in [5, 5.41) is -0.392. The first-order valence-corrected chi connectivity index (χ1v) is 5.45.